The Labute approximate surface area is 145 Å². The summed E-state index contributed by atoms with van der Waals surface area (Å²) in [6.45, 7) is 0.183. The largest absolute Gasteiger partial charge is 0.480 e. The van der Waals surface area contributed by atoms with Crippen LogP contribution in [0.3, 0.4) is 0 Å². The fourth-order valence-electron chi connectivity index (χ4n) is 3.03. The minimum absolute atomic E-state index is 0.0152. The third-order valence-electron chi connectivity index (χ3n) is 4.08. The molecule has 0 heterocycles. The predicted octanol–water partition coefficient (Wildman–Crippen LogP) is 2.63. The average molecular weight is 341 g/mol. The second-order valence-corrected chi connectivity index (χ2v) is 5.70. The quantitative estimate of drug-likeness (QED) is 0.756. The van der Waals surface area contributed by atoms with Crippen LogP contribution in [0.15, 0.2) is 48.5 Å². The number of hydrogen-bond donors (Lipinski definition) is 2. The number of amides is 1. The molecular formula is C19H19NO5. The van der Waals surface area contributed by atoms with E-state index >= 15 is 0 Å². The maximum Gasteiger partial charge on any atom is 0.407 e. The lowest BCUT2D eigenvalue weighted by atomic mass is 9.98. The monoisotopic (exact) mass is 341 g/mol. The molecule has 6 heteroatoms. The number of fused-ring (bicyclic) bond motifs is 3. The number of nitrogens with one attached hydrogen (secondary N) is 1. The summed E-state index contributed by atoms with van der Waals surface area (Å²) in [5, 5.41) is 11.0. The Morgan fingerprint density at radius 3 is 2.20 bits per heavy atom. The first kappa shape index (κ1) is 17.0. The molecule has 0 bridgehead atoms. The molecule has 25 heavy (non-hydrogen) atoms. The van der Waals surface area contributed by atoms with Crippen molar-refractivity contribution >= 4 is 12.1 Å². The van der Waals surface area contributed by atoms with E-state index in [1.54, 1.807) is 0 Å². The van der Waals surface area contributed by atoms with Crippen LogP contribution >= 0.6 is 0 Å². The summed E-state index contributed by atoms with van der Waals surface area (Å²) in [5.74, 6) is -1.03. The molecule has 0 unspecified atom stereocenters. The molecular weight excluding hydrogens is 322 g/mol. The molecule has 1 aliphatic carbocycles. The van der Waals surface area contributed by atoms with Gasteiger partial charge in [-0.05, 0) is 22.3 Å². The third-order valence-corrected chi connectivity index (χ3v) is 4.08. The maximum absolute atomic E-state index is 11.8. The molecule has 2 aromatic rings. The number of aliphatic carboxylic acids is 1. The minimum Gasteiger partial charge on any atom is -0.480 e. The Balaban J connectivity index is 1.55. The Morgan fingerprint density at radius 2 is 1.60 bits per heavy atom. The van der Waals surface area contributed by atoms with Crippen LogP contribution in [0.5, 0.6) is 0 Å². The van der Waals surface area contributed by atoms with Gasteiger partial charge in [-0.2, -0.15) is 0 Å². The second kappa shape index (κ2) is 7.81. The molecule has 0 spiro atoms. The summed E-state index contributed by atoms with van der Waals surface area (Å²) in [6, 6.07) is 16.2. The number of carbonyl (C=O) groups is 2. The number of carboxylic acid groups (broad SMARTS) is 1. The SMILES string of the molecule is O=C(O)COCCNC(=O)OCC1c2ccccc2-c2ccccc21. The van der Waals surface area contributed by atoms with Crippen molar-refractivity contribution in [2.24, 2.45) is 0 Å². The molecule has 130 valence electrons. The molecule has 3 rings (SSSR count). The zero-order valence-electron chi connectivity index (χ0n) is 13.6. The Morgan fingerprint density at radius 1 is 1.00 bits per heavy atom. The maximum atomic E-state index is 11.8. The van der Waals surface area contributed by atoms with Crippen molar-refractivity contribution in [1.82, 2.24) is 5.32 Å². The summed E-state index contributed by atoms with van der Waals surface area (Å²) in [5.41, 5.74) is 4.66. The van der Waals surface area contributed by atoms with Gasteiger partial charge in [-0.1, -0.05) is 48.5 Å². The van der Waals surface area contributed by atoms with Gasteiger partial charge in [0.1, 0.15) is 13.2 Å². The highest BCUT2D eigenvalue weighted by molar-refractivity contribution is 5.79. The molecule has 6 nitrogen and oxygen atoms in total. The van der Waals surface area contributed by atoms with Gasteiger partial charge in [0.15, 0.2) is 0 Å². The fourth-order valence-corrected chi connectivity index (χ4v) is 3.03. The van der Waals surface area contributed by atoms with E-state index in [-0.39, 0.29) is 32.3 Å². The number of hydrogen-bond acceptors (Lipinski definition) is 4. The normalized spacial score (nSPS) is 12.3. The topological polar surface area (TPSA) is 84.9 Å². The highest BCUT2D eigenvalue weighted by Crippen LogP contribution is 2.44. The van der Waals surface area contributed by atoms with E-state index in [4.69, 9.17) is 14.6 Å². The molecule has 0 radical (unpaired) electrons. The summed E-state index contributed by atoms with van der Waals surface area (Å²) in [6.07, 6.45) is -0.541. The summed E-state index contributed by atoms with van der Waals surface area (Å²) in [4.78, 5) is 22.1. The lowest BCUT2D eigenvalue weighted by molar-refractivity contribution is -0.142. The minimum atomic E-state index is -1.04. The lowest BCUT2D eigenvalue weighted by Crippen LogP contribution is -2.29. The van der Waals surface area contributed by atoms with Gasteiger partial charge in [0, 0.05) is 12.5 Å². The molecule has 1 amide bonds. The van der Waals surface area contributed by atoms with Crippen LogP contribution in [0.4, 0.5) is 4.79 Å². The number of alkyl carbamates (subject to hydrolysis) is 1. The Bertz CT molecular complexity index is 728. The zero-order valence-corrected chi connectivity index (χ0v) is 13.6. The van der Waals surface area contributed by atoms with E-state index in [2.05, 4.69) is 29.6 Å². The van der Waals surface area contributed by atoms with Crippen molar-refractivity contribution < 1.29 is 24.2 Å². The summed E-state index contributed by atoms with van der Waals surface area (Å²) in [7, 11) is 0. The fraction of sp³-hybridized carbons (Fsp3) is 0.263. The van der Waals surface area contributed by atoms with Crippen molar-refractivity contribution in [3.8, 4) is 11.1 Å². The van der Waals surface area contributed by atoms with E-state index in [0.29, 0.717) is 0 Å². The van der Waals surface area contributed by atoms with Crippen molar-refractivity contribution in [2.45, 2.75) is 5.92 Å². The van der Waals surface area contributed by atoms with Crippen molar-refractivity contribution in [2.75, 3.05) is 26.4 Å². The van der Waals surface area contributed by atoms with Crippen LogP contribution in [0, 0.1) is 0 Å². The average Bonchev–Trinajstić information content (AvgIpc) is 2.93. The predicted molar refractivity (Wildman–Crippen MR) is 91.5 cm³/mol. The van der Waals surface area contributed by atoms with E-state index < -0.39 is 12.1 Å². The molecule has 2 N–H and O–H groups in total. The van der Waals surface area contributed by atoms with E-state index in [9.17, 15) is 9.59 Å². The number of rotatable bonds is 7. The van der Waals surface area contributed by atoms with E-state index in [1.165, 1.54) is 11.1 Å². The van der Waals surface area contributed by atoms with Gasteiger partial charge in [-0.25, -0.2) is 9.59 Å². The van der Waals surface area contributed by atoms with Crippen LogP contribution in [0.1, 0.15) is 17.0 Å². The molecule has 0 aliphatic heterocycles. The standard InChI is InChI=1S/C19H19NO5/c21-18(22)12-24-10-9-20-19(23)25-11-17-15-7-3-1-5-13(15)14-6-2-4-8-16(14)17/h1-8,17H,9-12H2,(H,20,23)(H,21,22). The van der Waals surface area contributed by atoms with Crippen molar-refractivity contribution in [1.29, 1.82) is 0 Å². The highest BCUT2D eigenvalue weighted by atomic mass is 16.5. The van der Waals surface area contributed by atoms with Gasteiger partial charge in [-0.15, -0.1) is 0 Å². The molecule has 1 aliphatic rings. The lowest BCUT2D eigenvalue weighted by Gasteiger charge is -2.14. The van der Waals surface area contributed by atoms with Gasteiger partial charge in [0.05, 0.1) is 6.61 Å². The number of ether oxygens (including phenoxy) is 2. The van der Waals surface area contributed by atoms with Gasteiger partial charge < -0.3 is 19.9 Å². The van der Waals surface area contributed by atoms with Gasteiger partial charge >= 0.3 is 12.1 Å². The number of carboxylic acids is 1. The van der Waals surface area contributed by atoms with Crippen LogP contribution in [0.2, 0.25) is 0 Å². The Hall–Kier alpha value is -2.86. The van der Waals surface area contributed by atoms with Crippen LogP contribution in [-0.2, 0) is 14.3 Å². The molecule has 0 aromatic heterocycles. The van der Waals surface area contributed by atoms with Crippen molar-refractivity contribution in [3.05, 3.63) is 59.7 Å². The summed E-state index contributed by atoms with van der Waals surface area (Å²) < 4.78 is 10.2. The molecule has 2 aromatic carbocycles. The first-order valence-corrected chi connectivity index (χ1v) is 8.05. The van der Waals surface area contributed by atoms with Gasteiger partial charge in [0.2, 0.25) is 0 Å². The first-order valence-electron chi connectivity index (χ1n) is 8.05. The van der Waals surface area contributed by atoms with E-state index in [1.807, 2.05) is 24.3 Å². The smallest absolute Gasteiger partial charge is 0.407 e. The Kier molecular flexibility index (Phi) is 5.30. The van der Waals surface area contributed by atoms with Gasteiger partial charge in [0.25, 0.3) is 0 Å². The third kappa shape index (κ3) is 3.97. The number of carbonyl (C=O) groups excluding carboxylic acids is 1. The molecule has 0 atom stereocenters. The number of benzene rings is 2. The van der Waals surface area contributed by atoms with Crippen molar-refractivity contribution in [3.63, 3.8) is 0 Å². The van der Waals surface area contributed by atoms with Crippen LogP contribution in [-0.4, -0.2) is 43.5 Å². The first-order chi connectivity index (χ1) is 12.2. The molecule has 0 saturated carbocycles. The summed E-state index contributed by atoms with van der Waals surface area (Å²) >= 11 is 0. The van der Waals surface area contributed by atoms with Crippen LogP contribution in [0.25, 0.3) is 11.1 Å². The molecule has 0 fully saturated rings. The van der Waals surface area contributed by atoms with Gasteiger partial charge in [-0.3, -0.25) is 0 Å². The zero-order chi connectivity index (χ0) is 17.6. The van der Waals surface area contributed by atoms with Crippen LogP contribution < -0.4 is 5.32 Å². The van der Waals surface area contributed by atoms with E-state index in [0.717, 1.165) is 11.1 Å². The molecule has 0 saturated heterocycles. The second-order valence-electron chi connectivity index (χ2n) is 5.70. The highest BCUT2D eigenvalue weighted by Gasteiger charge is 2.28.